The van der Waals surface area contributed by atoms with Gasteiger partial charge >= 0.3 is 0 Å². The highest BCUT2D eigenvalue weighted by Gasteiger charge is 2.12. The van der Waals surface area contributed by atoms with Crippen LogP contribution in [0.15, 0.2) is 12.1 Å². The summed E-state index contributed by atoms with van der Waals surface area (Å²) in [6.45, 7) is -0.0681. The SMILES string of the molecule is N#CCOc1c(F)cc(CCN)cc1F. The van der Waals surface area contributed by atoms with E-state index in [0.717, 1.165) is 12.1 Å². The summed E-state index contributed by atoms with van der Waals surface area (Å²) in [6.07, 6.45) is 0.395. The van der Waals surface area contributed by atoms with E-state index in [-0.39, 0.29) is 6.61 Å². The van der Waals surface area contributed by atoms with Crippen LogP contribution in [0.1, 0.15) is 5.56 Å². The number of hydrogen-bond donors (Lipinski definition) is 1. The van der Waals surface area contributed by atoms with Crippen molar-refractivity contribution in [2.24, 2.45) is 5.73 Å². The molecular formula is C10H10F2N2O. The van der Waals surface area contributed by atoms with Gasteiger partial charge in [-0.3, -0.25) is 0 Å². The van der Waals surface area contributed by atoms with Crippen molar-refractivity contribution < 1.29 is 13.5 Å². The lowest BCUT2D eigenvalue weighted by atomic mass is 10.1. The molecule has 0 atom stereocenters. The number of nitrogens with two attached hydrogens (primary N) is 1. The molecule has 0 saturated carbocycles. The van der Waals surface area contributed by atoms with E-state index in [1.807, 2.05) is 0 Å². The van der Waals surface area contributed by atoms with Gasteiger partial charge in [0.05, 0.1) is 0 Å². The van der Waals surface area contributed by atoms with Crippen LogP contribution < -0.4 is 10.5 Å². The zero-order valence-corrected chi connectivity index (χ0v) is 7.96. The van der Waals surface area contributed by atoms with Crippen LogP contribution in [0, 0.1) is 23.0 Å². The summed E-state index contributed by atoms with van der Waals surface area (Å²) in [7, 11) is 0. The van der Waals surface area contributed by atoms with Crippen molar-refractivity contribution in [2.75, 3.05) is 13.2 Å². The van der Waals surface area contributed by atoms with Gasteiger partial charge in [0.1, 0.15) is 6.07 Å². The molecule has 0 spiro atoms. The number of nitrogens with zero attached hydrogens (tertiary/aromatic N) is 1. The van der Waals surface area contributed by atoms with E-state index in [1.165, 1.54) is 0 Å². The van der Waals surface area contributed by atoms with Crippen LogP contribution in [0.3, 0.4) is 0 Å². The lowest BCUT2D eigenvalue weighted by Gasteiger charge is -2.06. The van der Waals surface area contributed by atoms with Crippen LogP contribution in [0.4, 0.5) is 8.78 Å². The molecule has 2 N–H and O–H groups in total. The Labute approximate surface area is 86.1 Å². The minimum Gasteiger partial charge on any atom is -0.473 e. The molecule has 0 heterocycles. The second-order valence-corrected chi connectivity index (χ2v) is 2.87. The largest absolute Gasteiger partial charge is 0.473 e. The van der Waals surface area contributed by atoms with E-state index in [1.54, 1.807) is 6.07 Å². The molecule has 0 fully saturated rings. The summed E-state index contributed by atoms with van der Waals surface area (Å²) in [4.78, 5) is 0. The number of halogens is 2. The highest BCUT2D eigenvalue weighted by atomic mass is 19.1. The van der Waals surface area contributed by atoms with Gasteiger partial charge in [-0.2, -0.15) is 5.26 Å². The maximum atomic E-state index is 13.2. The minimum absolute atomic E-state index is 0.317. The molecule has 80 valence electrons. The summed E-state index contributed by atoms with van der Waals surface area (Å²) in [6, 6.07) is 3.95. The van der Waals surface area contributed by atoms with Crippen LogP contribution in [0.2, 0.25) is 0 Å². The predicted octanol–water partition coefficient (Wildman–Crippen LogP) is 1.37. The number of hydrogen-bond acceptors (Lipinski definition) is 3. The Balaban J connectivity index is 2.94. The highest BCUT2D eigenvalue weighted by molar-refractivity contribution is 5.31. The van der Waals surface area contributed by atoms with Gasteiger partial charge in [0.25, 0.3) is 0 Å². The first-order chi connectivity index (χ1) is 7.19. The second-order valence-electron chi connectivity index (χ2n) is 2.87. The summed E-state index contributed by atoms with van der Waals surface area (Å²) in [5.41, 5.74) is 5.73. The van der Waals surface area contributed by atoms with E-state index >= 15 is 0 Å². The Hall–Kier alpha value is -1.67. The number of rotatable bonds is 4. The zero-order chi connectivity index (χ0) is 11.3. The third kappa shape index (κ3) is 2.89. The first-order valence-electron chi connectivity index (χ1n) is 4.36. The van der Waals surface area contributed by atoms with Crippen LogP contribution in [-0.4, -0.2) is 13.2 Å². The number of ether oxygens (including phenoxy) is 1. The van der Waals surface area contributed by atoms with Crippen molar-refractivity contribution in [3.8, 4) is 11.8 Å². The van der Waals surface area contributed by atoms with E-state index in [9.17, 15) is 8.78 Å². The van der Waals surface area contributed by atoms with Gasteiger partial charge in [-0.1, -0.05) is 0 Å². The van der Waals surface area contributed by atoms with E-state index in [4.69, 9.17) is 11.0 Å². The Morgan fingerprint density at radius 2 is 1.93 bits per heavy atom. The van der Waals surface area contributed by atoms with Gasteiger partial charge in [-0.15, -0.1) is 0 Å². The van der Waals surface area contributed by atoms with Crippen molar-refractivity contribution in [2.45, 2.75) is 6.42 Å². The smallest absolute Gasteiger partial charge is 0.192 e. The fourth-order valence-corrected chi connectivity index (χ4v) is 1.17. The lowest BCUT2D eigenvalue weighted by molar-refractivity contribution is 0.324. The predicted molar refractivity (Wildman–Crippen MR) is 50.2 cm³/mol. The van der Waals surface area contributed by atoms with Crippen molar-refractivity contribution >= 4 is 0 Å². The van der Waals surface area contributed by atoms with Crippen molar-refractivity contribution in [1.82, 2.24) is 0 Å². The van der Waals surface area contributed by atoms with E-state index in [0.29, 0.717) is 18.5 Å². The zero-order valence-electron chi connectivity index (χ0n) is 7.96. The molecule has 3 nitrogen and oxygen atoms in total. The van der Waals surface area contributed by atoms with Gasteiger partial charge in [-0.05, 0) is 30.7 Å². The molecule has 0 unspecified atom stereocenters. The molecule has 0 radical (unpaired) electrons. The summed E-state index contributed by atoms with van der Waals surface area (Å²) in [5, 5.41) is 8.21. The highest BCUT2D eigenvalue weighted by Crippen LogP contribution is 2.23. The van der Waals surface area contributed by atoms with Crippen LogP contribution in [0.5, 0.6) is 5.75 Å². The number of benzene rings is 1. The number of nitriles is 1. The average Bonchev–Trinajstić information content (AvgIpc) is 2.17. The normalized spacial score (nSPS) is 9.73. The topological polar surface area (TPSA) is 59.0 Å². The third-order valence-corrected chi connectivity index (χ3v) is 1.77. The molecule has 0 saturated heterocycles. The van der Waals surface area contributed by atoms with E-state index < -0.39 is 17.4 Å². The molecular weight excluding hydrogens is 202 g/mol. The summed E-state index contributed by atoms with van der Waals surface area (Å²) in [5.74, 6) is -2.14. The maximum absolute atomic E-state index is 13.2. The maximum Gasteiger partial charge on any atom is 0.192 e. The Morgan fingerprint density at radius 3 is 2.40 bits per heavy atom. The van der Waals surface area contributed by atoms with Crippen molar-refractivity contribution in [3.05, 3.63) is 29.3 Å². The molecule has 15 heavy (non-hydrogen) atoms. The molecule has 5 heteroatoms. The van der Waals surface area contributed by atoms with Crippen molar-refractivity contribution in [1.29, 1.82) is 5.26 Å². The Bertz CT molecular complexity index is 364. The average molecular weight is 212 g/mol. The Morgan fingerprint density at radius 1 is 1.33 bits per heavy atom. The molecule has 0 aliphatic heterocycles. The molecule has 1 aromatic rings. The molecule has 0 aliphatic rings. The van der Waals surface area contributed by atoms with Gasteiger partial charge in [-0.25, -0.2) is 8.78 Å². The second kappa shape index (κ2) is 5.27. The summed E-state index contributed by atoms with van der Waals surface area (Å²) < 4.78 is 31.1. The van der Waals surface area contributed by atoms with Gasteiger partial charge in [0.2, 0.25) is 0 Å². The quantitative estimate of drug-likeness (QED) is 0.819. The third-order valence-electron chi connectivity index (χ3n) is 1.77. The first-order valence-corrected chi connectivity index (χ1v) is 4.36. The first kappa shape index (κ1) is 11.4. The summed E-state index contributed by atoms with van der Waals surface area (Å²) >= 11 is 0. The Kier molecular flexibility index (Phi) is 4.01. The fourth-order valence-electron chi connectivity index (χ4n) is 1.17. The standard InChI is InChI=1S/C10H10F2N2O/c11-8-5-7(1-2-13)6-9(12)10(8)15-4-3-14/h5-6H,1-2,4,13H2. The minimum atomic E-state index is -0.811. The van der Waals surface area contributed by atoms with Gasteiger partial charge < -0.3 is 10.5 Å². The van der Waals surface area contributed by atoms with Crippen molar-refractivity contribution in [3.63, 3.8) is 0 Å². The van der Waals surface area contributed by atoms with E-state index in [2.05, 4.69) is 4.74 Å². The van der Waals surface area contributed by atoms with Crippen LogP contribution in [-0.2, 0) is 6.42 Å². The molecule has 0 aliphatic carbocycles. The molecule has 1 rings (SSSR count). The molecule has 0 amide bonds. The monoisotopic (exact) mass is 212 g/mol. The molecule has 0 bridgehead atoms. The van der Waals surface area contributed by atoms with Gasteiger partial charge in [0, 0.05) is 0 Å². The van der Waals surface area contributed by atoms with Crippen LogP contribution in [0.25, 0.3) is 0 Å². The fraction of sp³-hybridized carbons (Fsp3) is 0.300. The van der Waals surface area contributed by atoms with Crippen LogP contribution >= 0.6 is 0 Å². The molecule has 0 aromatic heterocycles. The molecule has 1 aromatic carbocycles. The lowest BCUT2D eigenvalue weighted by Crippen LogP contribution is -2.05. The van der Waals surface area contributed by atoms with Gasteiger partial charge in [0.15, 0.2) is 24.0 Å².